The van der Waals surface area contributed by atoms with Crippen LogP contribution in [0.1, 0.15) is 45.1 Å². The number of anilines is 1. The van der Waals surface area contributed by atoms with Crippen molar-refractivity contribution in [3.8, 4) is 5.75 Å². The van der Waals surface area contributed by atoms with Crippen molar-refractivity contribution in [3.63, 3.8) is 0 Å². The molecule has 2 saturated heterocycles. The van der Waals surface area contributed by atoms with Gasteiger partial charge in [-0.3, -0.25) is 14.9 Å². The first-order valence-electron chi connectivity index (χ1n) is 9.92. The van der Waals surface area contributed by atoms with Crippen molar-refractivity contribution in [2.45, 2.75) is 45.1 Å². The smallest absolute Gasteiger partial charge is 0.410 e. The van der Waals surface area contributed by atoms with Gasteiger partial charge in [0.05, 0.1) is 18.7 Å². The highest BCUT2D eigenvalue weighted by Gasteiger charge is 2.30. The summed E-state index contributed by atoms with van der Waals surface area (Å²) >= 11 is 0. The summed E-state index contributed by atoms with van der Waals surface area (Å²) < 4.78 is 11.0. The van der Waals surface area contributed by atoms with Gasteiger partial charge in [-0.15, -0.1) is 0 Å². The van der Waals surface area contributed by atoms with Crippen molar-refractivity contribution in [2.75, 3.05) is 38.2 Å². The summed E-state index contributed by atoms with van der Waals surface area (Å²) in [5.41, 5.74) is 1.25. The molecule has 1 aromatic carbocycles. The lowest BCUT2D eigenvalue weighted by Gasteiger charge is -2.37. The van der Waals surface area contributed by atoms with E-state index in [4.69, 9.17) is 9.47 Å². The lowest BCUT2D eigenvalue weighted by Crippen LogP contribution is -2.50. The number of carbonyl (C=O) groups excluding carboxylic acids is 3. The van der Waals surface area contributed by atoms with E-state index in [1.807, 2.05) is 39.0 Å². The van der Waals surface area contributed by atoms with Crippen LogP contribution < -0.4 is 15.0 Å². The number of piperidine rings is 1. The lowest BCUT2D eigenvalue weighted by molar-refractivity contribution is -0.134. The molecule has 2 fully saturated rings. The van der Waals surface area contributed by atoms with Gasteiger partial charge in [0.1, 0.15) is 11.4 Å². The Morgan fingerprint density at radius 1 is 1.14 bits per heavy atom. The molecule has 1 unspecified atom stereocenters. The molecule has 2 heterocycles. The number of rotatable bonds is 3. The Bertz CT molecular complexity index is 794. The summed E-state index contributed by atoms with van der Waals surface area (Å²) in [6, 6.07) is 5.73. The van der Waals surface area contributed by atoms with Crippen molar-refractivity contribution in [1.29, 1.82) is 0 Å². The third-order valence-corrected chi connectivity index (χ3v) is 5.12. The maximum Gasteiger partial charge on any atom is 0.410 e. The maximum absolute atomic E-state index is 12.3. The molecule has 2 aliphatic rings. The minimum atomic E-state index is -0.511. The molecule has 1 atom stereocenters. The molecule has 8 heteroatoms. The quantitative estimate of drug-likeness (QED) is 0.779. The van der Waals surface area contributed by atoms with Crippen LogP contribution >= 0.6 is 0 Å². The second-order valence-electron chi connectivity index (χ2n) is 8.39. The molecule has 3 rings (SSSR count). The Labute approximate surface area is 171 Å². The predicted molar refractivity (Wildman–Crippen MR) is 108 cm³/mol. The van der Waals surface area contributed by atoms with E-state index >= 15 is 0 Å². The number of hydrogen-bond donors (Lipinski definition) is 1. The average Bonchev–Trinajstić information content (AvgIpc) is 2.66. The monoisotopic (exact) mass is 403 g/mol. The third kappa shape index (κ3) is 4.99. The number of hydrogen-bond acceptors (Lipinski definition) is 6. The lowest BCUT2D eigenvalue weighted by atomic mass is 9.90. The first kappa shape index (κ1) is 21.0. The van der Waals surface area contributed by atoms with Crippen LogP contribution in [0.4, 0.5) is 10.5 Å². The summed E-state index contributed by atoms with van der Waals surface area (Å²) in [7, 11) is 1.60. The summed E-state index contributed by atoms with van der Waals surface area (Å²) in [6.45, 7) is 8.02. The fraction of sp³-hybridized carbons (Fsp3) is 0.571. The summed E-state index contributed by atoms with van der Waals surface area (Å²) in [6.07, 6.45) is 0.548. The van der Waals surface area contributed by atoms with E-state index in [2.05, 4.69) is 10.2 Å². The number of ether oxygens (including phenoxy) is 2. The number of amides is 3. The number of carbonyl (C=O) groups is 3. The van der Waals surface area contributed by atoms with E-state index in [1.165, 1.54) is 0 Å². The molecule has 29 heavy (non-hydrogen) atoms. The largest absolute Gasteiger partial charge is 0.495 e. The van der Waals surface area contributed by atoms with Crippen LogP contribution in [0.15, 0.2) is 18.2 Å². The molecule has 2 aliphatic heterocycles. The van der Waals surface area contributed by atoms with Gasteiger partial charge in [0, 0.05) is 32.6 Å². The van der Waals surface area contributed by atoms with Crippen LogP contribution in [0.5, 0.6) is 5.75 Å². The van der Waals surface area contributed by atoms with Gasteiger partial charge in [0.25, 0.3) is 0 Å². The Hall–Kier alpha value is -2.77. The van der Waals surface area contributed by atoms with Gasteiger partial charge in [-0.05, 0) is 44.9 Å². The molecular formula is C21H29N3O5. The number of imide groups is 1. The second kappa shape index (κ2) is 8.31. The van der Waals surface area contributed by atoms with Gasteiger partial charge in [0.2, 0.25) is 11.8 Å². The molecule has 1 N–H and O–H groups in total. The number of piperazine rings is 1. The fourth-order valence-electron chi connectivity index (χ4n) is 3.64. The van der Waals surface area contributed by atoms with Crippen LogP contribution in [-0.2, 0) is 14.3 Å². The van der Waals surface area contributed by atoms with Crippen molar-refractivity contribution in [2.24, 2.45) is 0 Å². The van der Waals surface area contributed by atoms with E-state index in [9.17, 15) is 14.4 Å². The fourth-order valence-corrected chi connectivity index (χ4v) is 3.64. The summed E-state index contributed by atoms with van der Waals surface area (Å²) in [5, 5.41) is 2.40. The number of methoxy groups -OCH3 is 1. The van der Waals surface area contributed by atoms with E-state index in [0.717, 1.165) is 11.3 Å². The number of nitrogens with one attached hydrogen (secondary N) is 1. The molecule has 158 valence electrons. The van der Waals surface area contributed by atoms with Crippen LogP contribution in [0.2, 0.25) is 0 Å². The first-order chi connectivity index (χ1) is 13.7. The number of nitrogens with zero attached hydrogens (tertiary/aromatic N) is 2. The topological polar surface area (TPSA) is 88.2 Å². The van der Waals surface area contributed by atoms with Gasteiger partial charge in [0.15, 0.2) is 0 Å². The van der Waals surface area contributed by atoms with E-state index < -0.39 is 5.60 Å². The van der Waals surface area contributed by atoms with Crippen LogP contribution in [0, 0.1) is 0 Å². The van der Waals surface area contributed by atoms with Gasteiger partial charge >= 0.3 is 6.09 Å². The molecule has 0 saturated carbocycles. The Kier molecular flexibility index (Phi) is 6.00. The Morgan fingerprint density at radius 2 is 1.83 bits per heavy atom. The van der Waals surface area contributed by atoms with Crippen LogP contribution in [0.3, 0.4) is 0 Å². The normalized spacial score (nSPS) is 20.3. The molecule has 3 amide bonds. The SMILES string of the molecule is COc1cc(C2CCC(=O)NC2=O)ccc1N1CCN(C(=O)OC(C)(C)C)CC1. The zero-order valence-corrected chi connectivity index (χ0v) is 17.5. The van der Waals surface area contributed by atoms with Gasteiger partial charge in [-0.1, -0.05) is 6.07 Å². The zero-order valence-electron chi connectivity index (χ0n) is 17.5. The highest BCUT2D eigenvalue weighted by Crippen LogP contribution is 2.34. The first-order valence-corrected chi connectivity index (χ1v) is 9.92. The average molecular weight is 403 g/mol. The highest BCUT2D eigenvalue weighted by molar-refractivity contribution is 6.01. The van der Waals surface area contributed by atoms with Crippen molar-refractivity contribution >= 4 is 23.6 Å². The molecule has 8 nitrogen and oxygen atoms in total. The zero-order chi connectivity index (χ0) is 21.2. The summed E-state index contributed by atoms with van der Waals surface area (Å²) in [5.74, 6) is -0.155. The van der Waals surface area contributed by atoms with Gasteiger partial charge in [-0.2, -0.15) is 0 Å². The Morgan fingerprint density at radius 3 is 2.41 bits per heavy atom. The molecule has 0 radical (unpaired) electrons. The maximum atomic E-state index is 12.3. The van der Waals surface area contributed by atoms with Crippen molar-refractivity contribution < 1.29 is 23.9 Å². The molecule has 1 aromatic rings. The van der Waals surface area contributed by atoms with Crippen molar-refractivity contribution in [1.82, 2.24) is 10.2 Å². The molecular weight excluding hydrogens is 374 g/mol. The Balaban J connectivity index is 1.68. The standard InChI is InChI=1S/C21H29N3O5/c1-21(2,3)29-20(27)24-11-9-23(10-12-24)16-7-5-14(13-17(16)28-4)15-6-8-18(25)22-19(15)26/h5,7,13,15H,6,8-12H2,1-4H3,(H,22,25,26). The highest BCUT2D eigenvalue weighted by atomic mass is 16.6. The third-order valence-electron chi connectivity index (χ3n) is 5.12. The van der Waals surface area contributed by atoms with Gasteiger partial charge < -0.3 is 19.3 Å². The molecule has 0 spiro atoms. The van der Waals surface area contributed by atoms with Crippen molar-refractivity contribution in [3.05, 3.63) is 23.8 Å². The van der Waals surface area contributed by atoms with Crippen LogP contribution in [-0.4, -0.2) is 61.7 Å². The number of benzene rings is 1. The van der Waals surface area contributed by atoms with Gasteiger partial charge in [-0.25, -0.2) is 4.79 Å². The molecule has 0 aliphatic carbocycles. The second-order valence-corrected chi connectivity index (χ2v) is 8.39. The van der Waals surface area contributed by atoms with E-state index in [-0.39, 0.29) is 23.8 Å². The van der Waals surface area contributed by atoms with E-state index in [0.29, 0.717) is 44.8 Å². The minimum Gasteiger partial charge on any atom is -0.495 e. The minimum absolute atomic E-state index is 0.224. The molecule has 0 bridgehead atoms. The predicted octanol–water partition coefficient (Wildman–Crippen LogP) is 2.27. The molecule has 0 aromatic heterocycles. The summed E-state index contributed by atoms with van der Waals surface area (Å²) in [4.78, 5) is 39.7. The van der Waals surface area contributed by atoms with E-state index in [1.54, 1.807) is 12.0 Å². The van der Waals surface area contributed by atoms with Crippen LogP contribution in [0.25, 0.3) is 0 Å².